The van der Waals surface area contributed by atoms with Gasteiger partial charge in [0.05, 0.1) is 0 Å². The van der Waals surface area contributed by atoms with Gasteiger partial charge in [0.25, 0.3) is 0 Å². The Bertz CT molecular complexity index is 511. The molecule has 0 aromatic carbocycles. The predicted octanol–water partition coefficient (Wildman–Crippen LogP) is 1.71. The first-order valence-corrected chi connectivity index (χ1v) is 8.69. The number of piperidine rings is 1. The summed E-state index contributed by atoms with van der Waals surface area (Å²) in [7, 11) is 1.74. The van der Waals surface area contributed by atoms with Crippen LogP contribution in [0, 0.1) is 5.41 Å². The number of nitrogens with zero attached hydrogens (tertiary/aromatic N) is 2. The molecule has 0 spiro atoms. The first kappa shape index (κ1) is 19.2. The van der Waals surface area contributed by atoms with Crippen LogP contribution in [0.1, 0.15) is 38.5 Å². The van der Waals surface area contributed by atoms with Crippen LogP contribution in [0.3, 0.4) is 0 Å². The fourth-order valence-electron chi connectivity index (χ4n) is 3.87. The molecule has 1 aliphatic carbocycles. The molecule has 0 unspecified atom stereocenters. The van der Waals surface area contributed by atoms with E-state index in [1.54, 1.807) is 13.3 Å². The molecule has 136 valence electrons. The Kier molecular flexibility index (Phi) is 6.66. The first-order chi connectivity index (χ1) is 11.2. The molecule has 1 amide bonds. The van der Waals surface area contributed by atoms with Gasteiger partial charge < -0.3 is 15.4 Å². The van der Waals surface area contributed by atoms with Crippen molar-refractivity contribution < 1.29 is 9.53 Å². The van der Waals surface area contributed by atoms with Crippen LogP contribution in [-0.4, -0.2) is 49.0 Å². The van der Waals surface area contributed by atoms with Crippen molar-refractivity contribution >= 4 is 18.3 Å². The van der Waals surface area contributed by atoms with E-state index < -0.39 is 5.54 Å². The molecule has 1 aliphatic heterocycles. The highest BCUT2D eigenvalue weighted by molar-refractivity contribution is 5.85. The number of hydrogen-bond donors (Lipinski definition) is 2. The third kappa shape index (κ3) is 3.76. The maximum atomic E-state index is 13.0. The topological polar surface area (TPSA) is 68.2 Å². The lowest BCUT2D eigenvalue weighted by molar-refractivity contribution is -0.133. The SMILES string of the molecule is COCCC1(CNC(=O)C2(n3cccn3)CCNCC2)CCC1.Cl. The fourth-order valence-corrected chi connectivity index (χ4v) is 3.87. The highest BCUT2D eigenvalue weighted by Crippen LogP contribution is 2.43. The highest BCUT2D eigenvalue weighted by atomic mass is 35.5. The van der Waals surface area contributed by atoms with Gasteiger partial charge in [0, 0.05) is 32.7 Å². The van der Waals surface area contributed by atoms with Gasteiger partial charge in [-0.2, -0.15) is 5.10 Å². The summed E-state index contributed by atoms with van der Waals surface area (Å²) in [6.07, 6.45) is 9.89. The number of ether oxygens (including phenoxy) is 1. The maximum absolute atomic E-state index is 13.0. The Morgan fingerprint density at radius 1 is 1.33 bits per heavy atom. The van der Waals surface area contributed by atoms with Crippen LogP contribution in [0.2, 0.25) is 0 Å². The Hall–Kier alpha value is -1.11. The molecule has 24 heavy (non-hydrogen) atoms. The van der Waals surface area contributed by atoms with Crippen molar-refractivity contribution in [1.82, 2.24) is 20.4 Å². The minimum atomic E-state index is -0.541. The first-order valence-electron chi connectivity index (χ1n) is 8.69. The van der Waals surface area contributed by atoms with Crippen molar-refractivity contribution in [3.8, 4) is 0 Å². The van der Waals surface area contributed by atoms with Crippen molar-refractivity contribution in [1.29, 1.82) is 0 Å². The van der Waals surface area contributed by atoms with Crippen LogP contribution in [0.15, 0.2) is 18.5 Å². The van der Waals surface area contributed by atoms with E-state index in [1.165, 1.54) is 19.3 Å². The maximum Gasteiger partial charge on any atom is 0.248 e. The number of hydrogen-bond acceptors (Lipinski definition) is 4. The Morgan fingerprint density at radius 3 is 2.62 bits per heavy atom. The molecule has 0 bridgehead atoms. The van der Waals surface area contributed by atoms with Crippen LogP contribution in [0.4, 0.5) is 0 Å². The second-order valence-corrected chi connectivity index (χ2v) is 7.01. The smallest absolute Gasteiger partial charge is 0.248 e. The quantitative estimate of drug-likeness (QED) is 0.780. The van der Waals surface area contributed by atoms with Gasteiger partial charge in [-0.15, -0.1) is 12.4 Å². The van der Waals surface area contributed by atoms with Gasteiger partial charge in [0.2, 0.25) is 5.91 Å². The summed E-state index contributed by atoms with van der Waals surface area (Å²) in [5.41, 5.74) is -0.301. The second-order valence-electron chi connectivity index (χ2n) is 7.01. The monoisotopic (exact) mass is 356 g/mol. The second kappa shape index (κ2) is 8.32. The Morgan fingerprint density at radius 2 is 2.08 bits per heavy atom. The molecule has 2 fully saturated rings. The van der Waals surface area contributed by atoms with E-state index in [0.29, 0.717) is 0 Å². The van der Waals surface area contributed by atoms with Crippen LogP contribution in [-0.2, 0) is 15.1 Å². The minimum absolute atomic E-state index is 0. The standard InChI is InChI=1S/C17H28N4O2.ClH/c1-23-13-8-16(4-2-5-16)14-19-15(22)17(6-10-18-11-7-17)21-12-3-9-20-21;/h3,9,12,18H,2,4-8,10-11,13-14H2,1H3,(H,19,22);1H. The van der Waals surface area contributed by atoms with Gasteiger partial charge in [-0.25, -0.2) is 0 Å². The number of carbonyl (C=O) groups is 1. The molecule has 6 nitrogen and oxygen atoms in total. The predicted molar refractivity (Wildman–Crippen MR) is 95.3 cm³/mol. The molecule has 2 N–H and O–H groups in total. The lowest BCUT2D eigenvalue weighted by Gasteiger charge is -2.43. The van der Waals surface area contributed by atoms with E-state index >= 15 is 0 Å². The molecule has 0 radical (unpaired) electrons. The number of carbonyl (C=O) groups excluding carboxylic acids is 1. The number of rotatable bonds is 7. The van der Waals surface area contributed by atoms with Crippen LogP contribution in [0.25, 0.3) is 0 Å². The van der Waals surface area contributed by atoms with E-state index in [0.717, 1.165) is 45.5 Å². The zero-order chi connectivity index (χ0) is 16.2. The van der Waals surface area contributed by atoms with Gasteiger partial charge in [-0.1, -0.05) is 6.42 Å². The molecule has 2 aliphatic rings. The molecule has 7 heteroatoms. The molecule has 1 aromatic heterocycles. The fraction of sp³-hybridized carbons (Fsp3) is 0.765. The van der Waals surface area contributed by atoms with E-state index in [4.69, 9.17) is 4.74 Å². The molecular weight excluding hydrogens is 328 g/mol. The number of nitrogens with one attached hydrogen (secondary N) is 2. The lowest BCUT2D eigenvalue weighted by atomic mass is 9.66. The van der Waals surface area contributed by atoms with Gasteiger partial charge >= 0.3 is 0 Å². The summed E-state index contributed by atoms with van der Waals surface area (Å²) in [5.74, 6) is 0.117. The van der Waals surface area contributed by atoms with Crippen LogP contribution < -0.4 is 10.6 Å². The third-order valence-corrected chi connectivity index (χ3v) is 5.67. The summed E-state index contributed by atoms with van der Waals surface area (Å²) in [6.45, 7) is 3.22. The highest BCUT2D eigenvalue weighted by Gasteiger charge is 2.44. The van der Waals surface area contributed by atoms with E-state index in [1.807, 2.05) is 16.9 Å². The average molecular weight is 357 g/mol. The normalized spacial score (nSPS) is 21.4. The van der Waals surface area contributed by atoms with Crippen LogP contribution in [0.5, 0.6) is 0 Å². The molecule has 2 heterocycles. The zero-order valence-corrected chi connectivity index (χ0v) is 15.2. The third-order valence-electron chi connectivity index (χ3n) is 5.67. The zero-order valence-electron chi connectivity index (χ0n) is 14.4. The molecular formula is C17H29ClN4O2. The Labute approximate surface area is 150 Å². The van der Waals surface area contributed by atoms with Gasteiger partial charge in [0.1, 0.15) is 5.54 Å². The average Bonchev–Trinajstić information content (AvgIpc) is 3.09. The van der Waals surface area contributed by atoms with E-state index in [2.05, 4.69) is 15.7 Å². The summed E-state index contributed by atoms with van der Waals surface area (Å²) in [4.78, 5) is 13.0. The summed E-state index contributed by atoms with van der Waals surface area (Å²) in [6, 6.07) is 1.89. The van der Waals surface area contributed by atoms with E-state index in [9.17, 15) is 4.79 Å². The summed E-state index contributed by atoms with van der Waals surface area (Å²) >= 11 is 0. The van der Waals surface area contributed by atoms with E-state index in [-0.39, 0.29) is 23.7 Å². The Balaban J connectivity index is 0.00000208. The molecule has 1 aromatic rings. The van der Waals surface area contributed by atoms with Gasteiger partial charge in [-0.3, -0.25) is 9.48 Å². The summed E-state index contributed by atoms with van der Waals surface area (Å²) < 4.78 is 7.09. The van der Waals surface area contributed by atoms with Crippen molar-refractivity contribution in [2.75, 3.05) is 33.4 Å². The van der Waals surface area contributed by atoms with Crippen molar-refractivity contribution in [2.24, 2.45) is 5.41 Å². The lowest BCUT2D eigenvalue weighted by Crippen LogP contribution is -2.56. The van der Waals surface area contributed by atoms with Crippen molar-refractivity contribution in [3.05, 3.63) is 18.5 Å². The summed E-state index contributed by atoms with van der Waals surface area (Å²) in [5, 5.41) is 11.0. The van der Waals surface area contributed by atoms with Crippen LogP contribution >= 0.6 is 12.4 Å². The minimum Gasteiger partial charge on any atom is -0.385 e. The number of methoxy groups -OCH3 is 1. The number of halogens is 1. The van der Waals surface area contributed by atoms with Crippen molar-refractivity contribution in [2.45, 2.75) is 44.1 Å². The van der Waals surface area contributed by atoms with Gasteiger partial charge in [0.15, 0.2) is 0 Å². The van der Waals surface area contributed by atoms with Crippen molar-refractivity contribution in [3.63, 3.8) is 0 Å². The molecule has 0 atom stereocenters. The number of amides is 1. The van der Waals surface area contributed by atoms with Gasteiger partial charge in [-0.05, 0) is 56.7 Å². The molecule has 1 saturated heterocycles. The molecule has 1 saturated carbocycles. The number of aromatic nitrogens is 2. The largest absolute Gasteiger partial charge is 0.385 e. The molecule has 3 rings (SSSR count).